The quantitative estimate of drug-likeness (QED) is 0.422. The maximum atomic E-state index is 12.6. The summed E-state index contributed by atoms with van der Waals surface area (Å²) >= 11 is 1.73. The molecule has 0 amide bonds. The number of thiazole rings is 1. The van der Waals surface area contributed by atoms with Crippen molar-refractivity contribution in [3.63, 3.8) is 0 Å². The van der Waals surface area contributed by atoms with Crippen molar-refractivity contribution >= 4 is 26.9 Å². The number of aromatic nitrogens is 1. The smallest absolute Gasteiger partial charge is 0.213 e. The summed E-state index contributed by atoms with van der Waals surface area (Å²) in [5, 5.41) is 1.05. The Hall–Kier alpha value is -1.58. The van der Waals surface area contributed by atoms with Crippen LogP contribution in [0.2, 0.25) is 0 Å². The largest absolute Gasteiger partial charge is 0.371 e. The first-order chi connectivity index (χ1) is 17.3. The van der Waals surface area contributed by atoms with Crippen LogP contribution in [0, 0.1) is 0 Å². The van der Waals surface area contributed by atoms with Gasteiger partial charge in [-0.3, -0.25) is 0 Å². The predicted octanol–water partition coefficient (Wildman–Crippen LogP) is 5.26. The van der Waals surface area contributed by atoms with E-state index in [0.717, 1.165) is 50.2 Å². The lowest BCUT2D eigenvalue weighted by atomic mass is 9.98. The Morgan fingerprint density at radius 2 is 2.08 bits per heavy atom. The Labute approximate surface area is 221 Å². The van der Waals surface area contributed by atoms with Gasteiger partial charge < -0.3 is 9.64 Å². The fraction of sp³-hybridized carbons (Fsp3) is 0.607. The number of rotatable bonds is 11. The van der Waals surface area contributed by atoms with Crippen molar-refractivity contribution in [3.8, 4) is 0 Å². The summed E-state index contributed by atoms with van der Waals surface area (Å²) in [4.78, 5) is 8.12. The van der Waals surface area contributed by atoms with Crippen LogP contribution in [0.15, 0.2) is 47.7 Å². The number of sulfonamides is 1. The van der Waals surface area contributed by atoms with E-state index in [1.54, 1.807) is 11.3 Å². The minimum absolute atomic E-state index is 0.0648. The van der Waals surface area contributed by atoms with Gasteiger partial charge in [0.15, 0.2) is 0 Å². The van der Waals surface area contributed by atoms with Gasteiger partial charge >= 0.3 is 0 Å². The second-order valence-electron chi connectivity index (χ2n) is 10.4. The zero-order chi connectivity index (χ0) is 25.5. The summed E-state index contributed by atoms with van der Waals surface area (Å²) in [6.45, 7) is 8.97. The monoisotopic (exact) mass is 531 g/mol. The van der Waals surface area contributed by atoms with E-state index >= 15 is 0 Å². The molecule has 4 rings (SSSR count). The number of likely N-dealkylation sites (tertiary alicyclic amines) is 1. The Bertz CT molecular complexity index is 1110. The standard InChI is InChI=1S/C28H41N3O3S2/c1-21(2)34-27-14-13-24(19-22(27)3)28-29-20-25(35-28)11-5-4-9-23-10-8-12-26(23)30-36(32,33)18-17-31-15-6-7-16-31/h4-5,9,13,19-21,26-27,30H,6-8,10-12,14-18H2,1-3H3/b5-4-,23-9+/t26-,27?/m0/s1. The molecule has 0 radical (unpaired) electrons. The molecule has 2 atom stereocenters. The van der Waals surface area contributed by atoms with Gasteiger partial charge in [-0.05, 0) is 78.0 Å². The molecule has 6 nitrogen and oxygen atoms in total. The van der Waals surface area contributed by atoms with Crippen LogP contribution in [0.5, 0.6) is 0 Å². The van der Waals surface area contributed by atoms with Crippen molar-refractivity contribution in [1.29, 1.82) is 0 Å². The third kappa shape index (κ3) is 7.96. The molecular weight excluding hydrogens is 490 g/mol. The molecule has 198 valence electrons. The number of ether oxygens (including phenoxy) is 1. The molecule has 2 fully saturated rings. The van der Waals surface area contributed by atoms with Crippen LogP contribution in [-0.2, 0) is 21.2 Å². The van der Waals surface area contributed by atoms with Crippen LogP contribution in [-0.4, -0.2) is 61.9 Å². The van der Waals surface area contributed by atoms with Gasteiger partial charge in [0.2, 0.25) is 10.0 Å². The van der Waals surface area contributed by atoms with Gasteiger partial charge in [-0.25, -0.2) is 18.1 Å². The Kier molecular flexibility index (Phi) is 9.75. The Morgan fingerprint density at radius 3 is 2.83 bits per heavy atom. The Morgan fingerprint density at radius 1 is 1.28 bits per heavy atom. The first-order valence-electron chi connectivity index (χ1n) is 13.4. The third-order valence-electron chi connectivity index (χ3n) is 7.05. The van der Waals surface area contributed by atoms with Gasteiger partial charge in [0.25, 0.3) is 0 Å². The van der Waals surface area contributed by atoms with Crippen molar-refractivity contribution < 1.29 is 13.2 Å². The molecule has 1 aromatic rings. The fourth-order valence-corrected chi connectivity index (χ4v) is 7.32. The minimum Gasteiger partial charge on any atom is -0.371 e. The third-order valence-corrected chi connectivity index (χ3v) is 9.48. The first-order valence-corrected chi connectivity index (χ1v) is 15.8. The predicted molar refractivity (Wildman–Crippen MR) is 150 cm³/mol. The maximum absolute atomic E-state index is 12.6. The van der Waals surface area contributed by atoms with Gasteiger partial charge in [0, 0.05) is 35.7 Å². The number of nitrogens with one attached hydrogen (secondary N) is 1. The molecule has 1 saturated heterocycles. The summed E-state index contributed by atoms with van der Waals surface area (Å²) in [5.74, 6) is 0.191. The summed E-state index contributed by atoms with van der Waals surface area (Å²) in [5.41, 5.74) is 3.62. The normalized spacial score (nSPS) is 24.8. The molecule has 2 heterocycles. The van der Waals surface area contributed by atoms with E-state index in [9.17, 15) is 8.42 Å². The van der Waals surface area contributed by atoms with Crippen LogP contribution in [0.3, 0.4) is 0 Å². The molecule has 2 aliphatic carbocycles. The zero-order valence-electron chi connectivity index (χ0n) is 21.9. The number of allylic oxidation sites excluding steroid dienone is 5. The molecule has 36 heavy (non-hydrogen) atoms. The highest BCUT2D eigenvalue weighted by Crippen LogP contribution is 2.30. The number of nitrogens with zero attached hydrogens (tertiary/aromatic N) is 2. The molecule has 1 aromatic heterocycles. The summed E-state index contributed by atoms with van der Waals surface area (Å²) < 4.78 is 34.2. The highest BCUT2D eigenvalue weighted by atomic mass is 32.2. The van der Waals surface area contributed by atoms with Gasteiger partial charge in [0.05, 0.1) is 18.0 Å². The average molecular weight is 532 g/mol. The molecule has 3 aliphatic rings. The topological polar surface area (TPSA) is 71.5 Å². The van der Waals surface area contributed by atoms with E-state index in [1.165, 1.54) is 34.4 Å². The van der Waals surface area contributed by atoms with Crippen molar-refractivity contribution in [2.45, 2.75) is 84.0 Å². The molecule has 0 bridgehead atoms. The van der Waals surface area contributed by atoms with Crippen molar-refractivity contribution in [2.24, 2.45) is 0 Å². The van der Waals surface area contributed by atoms with E-state index in [1.807, 2.05) is 6.20 Å². The van der Waals surface area contributed by atoms with E-state index in [4.69, 9.17) is 4.74 Å². The second-order valence-corrected chi connectivity index (χ2v) is 13.4. The SMILES string of the molecule is CC1=CC(c2ncc(C/C=C\C=C3/CCC[C@@H]3NS(=O)(=O)CCN3CCCC3)s2)=CCC1OC(C)C. The average Bonchev–Trinajstić information content (AvgIpc) is 3.59. The van der Waals surface area contributed by atoms with Gasteiger partial charge in [-0.15, -0.1) is 11.3 Å². The summed E-state index contributed by atoms with van der Waals surface area (Å²) in [6.07, 6.45) is 20.0. The molecular formula is C28H41N3O3S2. The highest BCUT2D eigenvalue weighted by Gasteiger charge is 2.26. The summed E-state index contributed by atoms with van der Waals surface area (Å²) in [7, 11) is -3.26. The zero-order valence-corrected chi connectivity index (χ0v) is 23.5. The lowest BCUT2D eigenvalue weighted by Gasteiger charge is -2.23. The molecule has 8 heteroatoms. The van der Waals surface area contributed by atoms with Crippen LogP contribution in [0.1, 0.15) is 69.2 Å². The first kappa shape index (κ1) is 27.5. The van der Waals surface area contributed by atoms with Crippen LogP contribution in [0.25, 0.3) is 5.57 Å². The van der Waals surface area contributed by atoms with E-state index < -0.39 is 10.0 Å². The Balaban J connectivity index is 1.27. The molecule has 1 saturated carbocycles. The van der Waals surface area contributed by atoms with E-state index in [0.29, 0.717) is 6.54 Å². The van der Waals surface area contributed by atoms with E-state index in [-0.39, 0.29) is 24.0 Å². The lowest BCUT2D eigenvalue weighted by Crippen LogP contribution is -2.38. The van der Waals surface area contributed by atoms with E-state index in [2.05, 4.69) is 65.8 Å². The van der Waals surface area contributed by atoms with Crippen molar-refractivity contribution in [1.82, 2.24) is 14.6 Å². The van der Waals surface area contributed by atoms with Crippen molar-refractivity contribution in [3.05, 3.63) is 57.6 Å². The summed E-state index contributed by atoms with van der Waals surface area (Å²) in [6, 6.07) is -0.0648. The van der Waals surface area contributed by atoms with Crippen LogP contribution < -0.4 is 4.72 Å². The fourth-order valence-electron chi connectivity index (χ4n) is 5.10. The number of hydrogen-bond donors (Lipinski definition) is 1. The van der Waals surface area contributed by atoms with Gasteiger partial charge in [0.1, 0.15) is 5.01 Å². The van der Waals surface area contributed by atoms with Crippen LogP contribution in [0.4, 0.5) is 0 Å². The molecule has 1 aliphatic heterocycles. The maximum Gasteiger partial charge on any atom is 0.213 e. The highest BCUT2D eigenvalue weighted by molar-refractivity contribution is 7.89. The second kappa shape index (κ2) is 12.8. The van der Waals surface area contributed by atoms with Gasteiger partial charge in [-0.1, -0.05) is 36.0 Å². The number of hydrogen-bond acceptors (Lipinski definition) is 6. The van der Waals surface area contributed by atoms with Crippen LogP contribution >= 0.6 is 11.3 Å². The minimum atomic E-state index is -3.26. The molecule has 1 unspecified atom stereocenters. The lowest BCUT2D eigenvalue weighted by molar-refractivity contribution is 0.0304. The van der Waals surface area contributed by atoms with Crippen molar-refractivity contribution in [2.75, 3.05) is 25.4 Å². The molecule has 0 aromatic carbocycles. The molecule has 0 spiro atoms. The molecule has 1 N–H and O–H groups in total. The van der Waals surface area contributed by atoms with Gasteiger partial charge in [-0.2, -0.15) is 0 Å².